The normalized spacial score (nSPS) is 14.6. The van der Waals surface area contributed by atoms with Gasteiger partial charge in [-0.15, -0.1) is 0 Å². The van der Waals surface area contributed by atoms with Crippen LogP contribution in [0.3, 0.4) is 0 Å². The van der Waals surface area contributed by atoms with Gasteiger partial charge in [0.1, 0.15) is 5.75 Å². The molecule has 3 nitrogen and oxygen atoms in total. The average molecular weight is 218 g/mol. The number of benzene rings is 1. The summed E-state index contributed by atoms with van der Waals surface area (Å²) >= 11 is 0. The van der Waals surface area contributed by atoms with Crippen molar-refractivity contribution >= 4 is 11.4 Å². The first-order valence-corrected chi connectivity index (χ1v) is 5.65. The molecule has 0 aromatic heterocycles. The monoisotopic (exact) mass is 218 g/mol. The molecule has 1 aromatic carbocycles. The molecule has 2 rings (SSSR count). The van der Waals surface area contributed by atoms with Crippen LogP contribution < -0.4 is 10.2 Å². The molecule has 2 N–H and O–H groups in total. The molecule has 0 radical (unpaired) electrons. The third kappa shape index (κ3) is 1.62. The van der Waals surface area contributed by atoms with Crippen molar-refractivity contribution in [2.75, 3.05) is 18.1 Å². The number of phenolic OH excluding ortho intramolecular Hbond substituents is 1. The predicted molar refractivity (Wildman–Crippen MR) is 67.5 cm³/mol. The highest BCUT2D eigenvalue weighted by molar-refractivity contribution is 5.82. The van der Waals surface area contributed by atoms with Gasteiger partial charge in [0.15, 0.2) is 0 Å². The van der Waals surface area contributed by atoms with Gasteiger partial charge in [-0.25, -0.2) is 0 Å². The maximum Gasteiger partial charge on any atom is 0.142 e. The summed E-state index contributed by atoms with van der Waals surface area (Å²) in [6, 6.07) is 3.94. The second-order valence-electron chi connectivity index (χ2n) is 4.20. The number of hydrogen-bond donors (Lipinski definition) is 2. The first-order valence-electron chi connectivity index (χ1n) is 5.65. The molecule has 0 saturated carbocycles. The lowest BCUT2D eigenvalue weighted by molar-refractivity contribution is 0.467. The van der Waals surface area contributed by atoms with Gasteiger partial charge in [0.2, 0.25) is 0 Å². The molecule has 16 heavy (non-hydrogen) atoms. The number of aromatic hydroxyl groups is 1. The van der Waals surface area contributed by atoms with Gasteiger partial charge in [-0.1, -0.05) is 25.6 Å². The van der Waals surface area contributed by atoms with E-state index in [0.29, 0.717) is 5.75 Å². The standard InChI is InChI=1S/C13H18N2O/c1-4-7-15-8-14-10(3)11-6-5-9(2)13(16)12(11)15/h5-6,14,16H,3-4,7-8H2,1-2H3. The van der Waals surface area contributed by atoms with Gasteiger partial charge in [-0.2, -0.15) is 0 Å². The number of nitrogens with one attached hydrogen (secondary N) is 1. The predicted octanol–water partition coefficient (Wildman–Crippen LogP) is 2.45. The number of nitrogens with zero attached hydrogens (tertiary/aromatic N) is 1. The largest absolute Gasteiger partial charge is 0.505 e. The summed E-state index contributed by atoms with van der Waals surface area (Å²) in [6.07, 6.45) is 1.06. The Balaban J connectivity index is 2.53. The SMILES string of the molecule is C=C1NCN(CCC)c2c1ccc(C)c2O. The molecule has 0 bridgehead atoms. The van der Waals surface area contributed by atoms with Crippen molar-refractivity contribution in [3.63, 3.8) is 0 Å². The van der Waals surface area contributed by atoms with E-state index in [1.54, 1.807) is 0 Å². The first-order chi connectivity index (χ1) is 7.65. The Morgan fingerprint density at radius 1 is 1.50 bits per heavy atom. The number of phenols is 1. The van der Waals surface area contributed by atoms with E-state index in [1.165, 1.54) is 0 Å². The number of hydrogen-bond acceptors (Lipinski definition) is 3. The van der Waals surface area contributed by atoms with Crippen LogP contribution in [-0.4, -0.2) is 18.3 Å². The van der Waals surface area contributed by atoms with Crippen LogP contribution in [-0.2, 0) is 0 Å². The van der Waals surface area contributed by atoms with Crippen molar-refractivity contribution in [3.05, 3.63) is 29.8 Å². The van der Waals surface area contributed by atoms with Gasteiger partial charge >= 0.3 is 0 Å². The lowest BCUT2D eigenvalue weighted by Gasteiger charge is -2.34. The molecule has 0 aliphatic carbocycles. The maximum atomic E-state index is 10.1. The smallest absolute Gasteiger partial charge is 0.142 e. The van der Waals surface area contributed by atoms with E-state index in [4.69, 9.17) is 0 Å². The lowest BCUT2D eigenvalue weighted by Crippen LogP contribution is -2.38. The molecule has 1 aliphatic rings. The quantitative estimate of drug-likeness (QED) is 0.800. The van der Waals surface area contributed by atoms with Crippen molar-refractivity contribution in [1.29, 1.82) is 0 Å². The molecule has 0 spiro atoms. The van der Waals surface area contributed by atoms with Crippen molar-refractivity contribution in [2.45, 2.75) is 20.3 Å². The molecule has 0 fully saturated rings. The Bertz CT molecular complexity index is 426. The van der Waals surface area contributed by atoms with Gasteiger partial charge in [0.05, 0.1) is 12.4 Å². The third-order valence-electron chi connectivity index (χ3n) is 2.97. The summed E-state index contributed by atoms with van der Waals surface area (Å²) < 4.78 is 0. The van der Waals surface area contributed by atoms with Gasteiger partial charge in [-0.3, -0.25) is 0 Å². The zero-order chi connectivity index (χ0) is 11.7. The lowest BCUT2D eigenvalue weighted by atomic mass is 10.0. The van der Waals surface area contributed by atoms with Crippen LogP contribution >= 0.6 is 0 Å². The highest BCUT2D eigenvalue weighted by atomic mass is 16.3. The molecule has 3 heteroatoms. The van der Waals surface area contributed by atoms with Crippen LogP contribution in [0.1, 0.15) is 24.5 Å². The van der Waals surface area contributed by atoms with Gasteiger partial charge in [0, 0.05) is 17.8 Å². The topological polar surface area (TPSA) is 35.5 Å². The number of fused-ring (bicyclic) bond motifs is 1. The first kappa shape index (κ1) is 10.9. The highest BCUT2D eigenvalue weighted by Crippen LogP contribution is 2.38. The molecule has 0 saturated heterocycles. The summed E-state index contributed by atoms with van der Waals surface area (Å²) in [5.41, 5.74) is 3.72. The average Bonchev–Trinajstić information content (AvgIpc) is 2.27. The Hall–Kier alpha value is -1.64. The van der Waals surface area contributed by atoms with Crippen molar-refractivity contribution in [1.82, 2.24) is 5.32 Å². The number of aryl methyl sites for hydroxylation is 1. The highest BCUT2D eigenvalue weighted by Gasteiger charge is 2.22. The molecule has 0 amide bonds. The fourth-order valence-electron chi connectivity index (χ4n) is 2.07. The van der Waals surface area contributed by atoms with Crippen LogP contribution in [0.5, 0.6) is 5.75 Å². The van der Waals surface area contributed by atoms with Crippen molar-refractivity contribution < 1.29 is 5.11 Å². The summed E-state index contributed by atoms with van der Waals surface area (Å²) in [6.45, 7) is 9.68. The van der Waals surface area contributed by atoms with E-state index in [1.807, 2.05) is 19.1 Å². The molecule has 0 unspecified atom stereocenters. The van der Waals surface area contributed by atoms with Crippen molar-refractivity contribution in [2.24, 2.45) is 0 Å². The number of anilines is 1. The van der Waals surface area contributed by atoms with E-state index >= 15 is 0 Å². The molecular formula is C13H18N2O. The zero-order valence-corrected chi connectivity index (χ0v) is 9.88. The molecular weight excluding hydrogens is 200 g/mol. The van der Waals surface area contributed by atoms with Crippen LogP contribution in [0, 0.1) is 6.92 Å². The van der Waals surface area contributed by atoms with Gasteiger partial charge in [0.25, 0.3) is 0 Å². The minimum absolute atomic E-state index is 0.383. The summed E-state index contributed by atoms with van der Waals surface area (Å²) in [5, 5.41) is 13.4. The minimum Gasteiger partial charge on any atom is -0.505 e. The summed E-state index contributed by atoms with van der Waals surface area (Å²) in [4.78, 5) is 2.16. The second-order valence-corrected chi connectivity index (χ2v) is 4.20. The van der Waals surface area contributed by atoms with Crippen LogP contribution in [0.4, 0.5) is 5.69 Å². The summed E-state index contributed by atoms with van der Waals surface area (Å²) in [5.74, 6) is 0.383. The Morgan fingerprint density at radius 2 is 2.25 bits per heavy atom. The van der Waals surface area contributed by atoms with Crippen LogP contribution in [0.2, 0.25) is 0 Å². The van der Waals surface area contributed by atoms with E-state index in [9.17, 15) is 5.11 Å². The molecule has 1 aliphatic heterocycles. The van der Waals surface area contributed by atoms with Crippen LogP contribution in [0.15, 0.2) is 18.7 Å². The van der Waals surface area contributed by atoms with Crippen molar-refractivity contribution in [3.8, 4) is 5.75 Å². The molecule has 1 aromatic rings. The Kier molecular flexibility index (Phi) is 2.77. The van der Waals surface area contributed by atoms with E-state index in [-0.39, 0.29) is 0 Å². The van der Waals surface area contributed by atoms with Gasteiger partial charge in [-0.05, 0) is 18.9 Å². The van der Waals surface area contributed by atoms with E-state index in [2.05, 4.69) is 23.7 Å². The van der Waals surface area contributed by atoms with Crippen LogP contribution in [0.25, 0.3) is 5.70 Å². The fourth-order valence-corrected chi connectivity index (χ4v) is 2.07. The van der Waals surface area contributed by atoms with Gasteiger partial charge < -0.3 is 15.3 Å². The molecule has 86 valence electrons. The Morgan fingerprint density at radius 3 is 2.94 bits per heavy atom. The number of rotatable bonds is 2. The minimum atomic E-state index is 0.383. The van der Waals surface area contributed by atoms with E-state index < -0.39 is 0 Å². The zero-order valence-electron chi connectivity index (χ0n) is 9.88. The van der Waals surface area contributed by atoms with E-state index in [0.717, 1.165) is 42.1 Å². The molecule has 0 atom stereocenters. The maximum absolute atomic E-state index is 10.1. The molecule has 1 heterocycles. The second kappa shape index (κ2) is 4.08. The Labute approximate surface area is 96.4 Å². The third-order valence-corrected chi connectivity index (χ3v) is 2.97. The summed E-state index contributed by atoms with van der Waals surface area (Å²) in [7, 11) is 0. The fraction of sp³-hybridized carbons (Fsp3) is 0.385.